The minimum absolute atomic E-state index is 0.290. The van der Waals surface area contributed by atoms with Gasteiger partial charge < -0.3 is 10.2 Å². The molecule has 104 valence electrons. The van der Waals surface area contributed by atoms with Crippen molar-refractivity contribution in [3.63, 3.8) is 0 Å². The van der Waals surface area contributed by atoms with Crippen molar-refractivity contribution in [3.8, 4) is 6.07 Å². The fourth-order valence-corrected chi connectivity index (χ4v) is 2.16. The molecule has 2 N–H and O–H groups in total. The van der Waals surface area contributed by atoms with Crippen LogP contribution in [-0.2, 0) is 6.54 Å². The average Bonchev–Trinajstić information content (AvgIpc) is 3.00. The summed E-state index contributed by atoms with van der Waals surface area (Å²) in [6.07, 6.45) is 3.57. The lowest BCUT2D eigenvalue weighted by atomic mass is 10.2. The highest BCUT2D eigenvalue weighted by Crippen LogP contribution is 2.12. The molecular weight excluding hydrogens is 252 g/mol. The highest BCUT2D eigenvalue weighted by Gasteiger charge is 2.16. The van der Waals surface area contributed by atoms with E-state index in [9.17, 15) is 4.79 Å². The predicted molar refractivity (Wildman–Crippen MR) is 76.3 cm³/mol. The number of urea groups is 1. The second-order valence-corrected chi connectivity index (χ2v) is 4.65. The van der Waals surface area contributed by atoms with Crippen LogP contribution in [0.5, 0.6) is 0 Å². The van der Waals surface area contributed by atoms with Crippen molar-refractivity contribution in [2.75, 3.05) is 13.1 Å². The number of carbonyl (C=O) groups is 1. The lowest BCUT2D eigenvalue weighted by Crippen LogP contribution is -2.39. The largest absolute Gasteiger partial charge is 0.357 e. The minimum Gasteiger partial charge on any atom is -0.357 e. The van der Waals surface area contributed by atoms with Gasteiger partial charge in [0.1, 0.15) is 5.82 Å². The van der Waals surface area contributed by atoms with Gasteiger partial charge in [0, 0.05) is 19.6 Å². The zero-order chi connectivity index (χ0) is 14.2. The van der Waals surface area contributed by atoms with Crippen LogP contribution in [0.1, 0.15) is 18.4 Å². The number of nitrogens with one attached hydrogen (secondary N) is 2. The van der Waals surface area contributed by atoms with E-state index in [1.54, 1.807) is 0 Å². The molecule has 1 fully saturated rings. The molecule has 2 amide bonds. The van der Waals surface area contributed by atoms with Gasteiger partial charge in [-0.25, -0.2) is 4.79 Å². The van der Waals surface area contributed by atoms with Crippen molar-refractivity contribution in [3.05, 3.63) is 47.8 Å². The fraction of sp³-hybridized carbons (Fsp3) is 0.333. The van der Waals surface area contributed by atoms with Crippen LogP contribution >= 0.6 is 0 Å². The quantitative estimate of drug-likeness (QED) is 0.822. The Bertz CT molecular complexity index is 512. The van der Waals surface area contributed by atoms with E-state index in [-0.39, 0.29) is 6.03 Å². The molecule has 1 heterocycles. The van der Waals surface area contributed by atoms with Crippen molar-refractivity contribution in [2.45, 2.75) is 19.4 Å². The second-order valence-electron chi connectivity index (χ2n) is 4.65. The number of nitriles is 1. The van der Waals surface area contributed by atoms with E-state index in [1.165, 1.54) is 6.08 Å². The lowest BCUT2D eigenvalue weighted by Gasteiger charge is -2.21. The van der Waals surface area contributed by atoms with Crippen molar-refractivity contribution >= 4 is 6.03 Å². The summed E-state index contributed by atoms with van der Waals surface area (Å²) in [5.41, 5.74) is 1.04. The van der Waals surface area contributed by atoms with E-state index in [0.29, 0.717) is 12.4 Å². The maximum Gasteiger partial charge on any atom is 0.320 e. The van der Waals surface area contributed by atoms with Crippen LogP contribution in [0.25, 0.3) is 0 Å². The molecule has 0 aromatic heterocycles. The third-order valence-corrected chi connectivity index (χ3v) is 3.19. The van der Waals surface area contributed by atoms with Crippen LogP contribution in [-0.4, -0.2) is 24.0 Å². The van der Waals surface area contributed by atoms with Crippen LogP contribution in [0.2, 0.25) is 0 Å². The topological polar surface area (TPSA) is 68.2 Å². The predicted octanol–water partition coefficient (Wildman–Crippen LogP) is 1.95. The van der Waals surface area contributed by atoms with E-state index in [4.69, 9.17) is 5.26 Å². The van der Waals surface area contributed by atoms with Gasteiger partial charge in [0.2, 0.25) is 0 Å². The van der Waals surface area contributed by atoms with E-state index >= 15 is 0 Å². The normalized spacial score (nSPS) is 14.8. The molecule has 1 saturated heterocycles. The number of nitrogens with zero attached hydrogens (tertiary/aromatic N) is 2. The first-order valence-corrected chi connectivity index (χ1v) is 6.73. The molecule has 1 aromatic carbocycles. The summed E-state index contributed by atoms with van der Waals surface area (Å²) in [5, 5.41) is 14.3. The third-order valence-electron chi connectivity index (χ3n) is 3.19. The molecular formula is C15H18N4O. The van der Waals surface area contributed by atoms with Gasteiger partial charge in [-0.1, -0.05) is 30.3 Å². The van der Waals surface area contributed by atoms with Crippen molar-refractivity contribution in [1.29, 1.82) is 5.26 Å². The van der Waals surface area contributed by atoms with E-state index < -0.39 is 0 Å². The van der Waals surface area contributed by atoms with Gasteiger partial charge in [0.25, 0.3) is 0 Å². The first kappa shape index (κ1) is 13.9. The molecule has 1 aromatic rings. The molecule has 5 nitrogen and oxygen atoms in total. The second kappa shape index (κ2) is 7.19. The molecule has 20 heavy (non-hydrogen) atoms. The molecule has 0 bridgehead atoms. The number of allylic oxidation sites excluding steroid dienone is 1. The molecule has 0 radical (unpaired) electrons. The molecule has 1 aliphatic rings. The van der Waals surface area contributed by atoms with E-state index in [0.717, 1.165) is 31.5 Å². The Hall–Kier alpha value is -2.48. The highest BCUT2D eigenvalue weighted by molar-refractivity contribution is 5.75. The number of likely N-dealkylation sites (tertiary alicyclic amines) is 1. The first-order valence-electron chi connectivity index (χ1n) is 6.73. The Balaban J connectivity index is 1.86. The van der Waals surface area contributed by atoms with Crippen LogP contribution in [0.3, 0.4) is 0 Å². The SMILES string of the molecule is N#C/C=C(/NC(=O)NCc1ccccc1)N1CCCC1. The van der Waals surface area contributed by atoms with Crippen molar-refractivity contribution in [2.24, 2.45) is 0 Å². The third kappa shape index (κ3) is 4.02. The van der Waals surface area contributed by atoms with Crippen molar-refractivity contribution in [1.82, 2.24) is 15.5 Å². The Kier molecular flexibility index (Phi) is 5.01. The molecule has 0 aliphatic carbocycles. The van der Waals surface area contributed by atoms with Crippen LogP contribution < -0.4 is 10.6 Å². The molecule has 1 aliphatic heterocycles. The zero-order valence-electron chi connectivity index (χ0n) is 11.3. The molecule has 2 rings (SSSR count). The Labute approximate surface area is 118 Å². The number of hydrogen-bond acceptors (Lipinski definition) is 3. The van der Waals surface area contributed by atoms with Crippen LogP contribution in [0, 0.1) is 11.3 Å². The zero-order valence-corrected chi connectivity index (χ0v) is 11.3. The monoisotopic (exact) mass is 270 g/mol. The van der Waals surface area contributed by atoms with Gasteiger partial charge in [0.15, 0.2) is 0 Å². The van der Waals surface area contributed by atoms with Gasteiger partial charge >= 0.3 is 6.03 Å². The van der Waals surface area contributed by atoms with E-state index in [2.05, 4.69) is 10.6 Å². The molecule has 0 unspecified atom stereocenters. The Morgan fingerprint density at radius 2 is 2.00 bits per heavy atom. The van der Waals surface area contributed by atoms with Gasteiger partial charge in [-0.15, -0.1) is 0 Å². The number of benzene rings is 1. The summed E-state index contributed by atoms with van der Waals surface area (Å²) in [6.45, 7) is 2.23. The summed E-state index contributed by atoms with van der Waals surface area (Å²) in [4.78, 5) is 13.9. The van der Waals surface area contributed by atoms with Gasteiger partial charge in [-0.3, -0.25) is 5.32 Å². The number of rotatable bonds is 4. The molecule has 5 heteroatoms. The summed E-state index contributed by atoms with van der Waals surface area (Å²) >= 11 is 0. The standard InChI is InChI=1S/C15H18N4O/c16-9-8-14(19-10-4-5-11-19)18-15(20)17-12-13-6-2-1-3-7-13/h1-3,6-8H,4-5,10-12H2,(H2,17,18,20)/b14-8-. The first-order chi connectivity index (χ1) is 9.79. The van der Waals surface area contributed by atoms with Crippen LogP contribution in [0.4, 0.5) is 4.79 Å². The summed E-state index contributed by atoms with van der Waals surface area (Å²) < 4.78 is 0. The lowest BCUT2D eigenvalue weighted by molar-refractivity contribution is 0.238. The van der Waals surface area contributed by atoms with Gasteiger partial charge in [-0.2, -0.15) is 5.26 Å². The summed E-state index contributed by atoms with van der Waals surface area (Å²) in [7, 11) is 0. The average molecular weight is 270 g/mol. The summed E-state index contributed by atoms with van der Waals surface area (Å²) in [5.74, 6) is 0.579. The molecule has 0 spiro atoms. The fourth-order valence-electron chi connectivity index (χ4n) is 2.16. The highest BCUT2D eigenvalue weighted by atomic mass is 16.2. The number of hydrogen-bond donors (Lipinski definition) is 2. The number of carbonyl (C=O) groups excluding carboxylic acids is 1. The number of amides is 2. The van der Waals surface area contributed by atoms with E-state index in [1.807, 2.05) is 41.3 Å². The molecule has 0 atom stereocenters. The summed E-state index contributed by atoms with van der Waals surface area (Å²) in [6, 6.07) is 11.4. The van der Waals surface area contributed by atoms with Crippen molar-refractivity contribution < 1.29 is 4.79 Å². The maximum atomic E-state index is 11.9. The van der Waals surface area contributed by atoms with Crippen LogP contribution in [0.15, 0.2) is 42.2 Å². The Morgan fingerprint density at radius 3 is 2.65 bits per heavy atom. The van der Waals surface area contributed by atoms with Gasteiger partial charge in [-0.05, 0) is 18.4 Å². The minimum atomic E-state index is -0.290. The smallest absolute Gasteiger partial charge is 0.320 e. The maximum absolute atomic E-state index is 11.9. The molecule has 0 saturated carbocycles. The Morgan fingerprint density at radius 1 is 1.30 bits per heavy atom. The van der Waals surface area contributed by atoms with Gasteiger partial charge in [0.05, 0.1) is 12.1 Å².